The Labute approximate surface area is 122 Å². The minimum Gasteiger partial charge on any atom is -0.360 e. The lowest BCUT2D eigenvalue weighted by molar-refractivity contribution is -0.0459. The minimum atomic E-state index is -0.474. The van der Waals surface area contributed by atoms with E-state index in [2.05, 4.69) is 19.2 Å². The van der Waals surface area contributed by atoms with Gasteiger partial charge >= 0.3 is 0 Å². The summed E-state index contributed by atoms with van der Waals surface area (Å²) in [5, 5.41) is 3.76. The van der Waals surface area contributed by atoms with Crippen LogP contribution in [-0.4, -0.2) is 70.6 Å². The molecule has 0 aromatic rings. The SMILES string of the molecule is CCC(NC(CC)[SiH2]C(OC)OC)[SiH2]C(OC)OC. The van der Waals surface area contributed by atoms with E-state index in [1.807, 2.05) is 0 Å². The van der Waals surface area contributed by atoms with Gasteiger partial charge in [-0.25, -0.2) is 0 Å². The summed E-state index contributed by atoms with van der Waals surface area (Å²) in [6.45, 7) is 4.43. The first-order chi connectivity index (χ1) is 9.14. The number of nitrogens with one attached hydrogen (secondary N) is 1. The number of ether oxygens (including phenoxy) is 4. The van der Waals surface area contributed by atoms with Gasteiger partial charge in [0.05, 0.1) is 0 Å². The van der Waals surface area contributed by atoms with E-state index < -0.39 is 19.0 Å². The molecule has 5 nitrogen and oxygen atoms in total. The van der Waals surface area contributed by atoms with Gasteiger partial charge in [-0.1, -0.05) is 13.8 Å². The molecule has 0 amide bonds. The van der Waals surface area contributed by atoms with Crippen LogP contribution in [0.25, 0.3) is 0 Å². The standard InChI is InChI=1S/C12H31NO4Si2/c1-7-9(18-11(14-3)15-4)13-10(8-2)19-12(16-5)17-6/h9-13H,7-8,18-19H2,1-6H3. The van der Waals surface area contributed by atoms with Crippen molar-refractivity contribution < 1.29 is 18.9 Å². The molecule has 2 unspecified atom stereocenters. The molecule has 19 heavy (non-hydrogen) atoms. The summed E-state index contributed by atoms with van der Waals surface area (Å²) in [7, 11) is 5.91. The van der Waals surface area contributed by atoms with Gasteiger partial charge in [-0.3, -0.25) is 0 Å². The maximum absolute atomic E-state index is 5.33. The molecule has 0 spiro atoms. The van der Waals surface area contributed by atoms with Crippen LogP contribution >= 0.6 is 0 Å². The quantitative estimate of drug-likeness (QED) is 0.390. The third-order valence-electron chi connectivity index (χ3n) is 3.46. The van der Waals surface area contributed by atoms with Crippen LogP contribution in [0.3, 0.4) is 0 Å². The second-order valence-corrected chi connectivity index (χ2v) is 8.90. The van der Waals surface area contributed by atoms with E-state index in [1.165, 1.54) is 0 Å². The molecule has 0 bridgehead atoms. The van der Waals surface area contributed by atoms with Gasteiger partial charge in [0.1, 0.15) is 30.9 Å². The molecule has 0 aromatic heterocycles. The zero-order chi connectivity index (χ0) is 14.7. The topological polar surface area (TPSA) is 49.0 Å². The molecule has 0 rings (SSSR count). The van der Waals surface area contributed by atoms with Crippen LogP contribution in [0.4, 0.5) is 0 Å². The van der Waals surface area contributed by atoms with Crippen LogP contribution in [0.1, 0.15) is 26.7 Å². The second-order valence-electron chi connectivity index (χ2n) is 4.65. The zero-order valence-electron chi connectivity index (χ0n) is 13.3. The zero-order valence-corrected chi connectivity index (χ0v) is 16.1. The highest BCUT2D eigenvalue weighted by molar-refractivity contribution is 6.41. The molecule has 2 atom stereocenters. The summed E-state index contributed by atoms with van der Waals surface area (Å²) in [5.74, 6) is -0.00506. The van der Waals surface area contributed by atoms with Crippen molar-refractivity contribution in [2.45, 2.75) is 49.8 Å². The van der Waals surface area contributed by atoms with Crippen molar-refractivity contribution in [1.29, 1.82) is 0 Å². The first-order valence-electron chi connectivity index (χ1n) is 7.02. The number of methoxy groups -OCH3 is 4. The Morgan fingerprint density at radius 2 is 1.05 bits per heavy atom. The minimum absolute atomic E-state index is 0.00253. The van der Waals surface area contributed by atoms with E-state index in [0.717, 1.165) is 12.8 Å². The largest absolute Gasteiger partial charge is 0.360 e. The maximum Gasteiger partial charge on any atom is 0.135 e. The lowest BCUT2D eigenvalue weighted by atomic mass is 10.4. The monoisotopic (exact) mass is 309 g/mol. The normalized spacial score (nSPS) is 16.4. The Morgan fingerprint density at radius 3 is 1.26 bits per heavy atom. The van der Waals surface area contributed by atoms with E-state index in [1.54, 1.807) is 28.4 Å². The molecule has 0 aliphatic rings. The highest BCUT2D eigenvalue weighted by atomic mass is 28.2. The van der Waals surface area contributed by atoms with Crippen molar-refractivity contribution in [3.63, 3.8) is 0 Å². The fraction of sp³-hybridized carbons (Fsp3) is 1.00. The van der Waals surface area contributed by atoms with Crippen molar-refractivity contribution in [2.24, 2.45) is 0 Å². The lowest BCUT2D eigenvalue weighted by Gasteiger charge is -2.27. The Hall–Kier alpha value is 0.234. The molecule has 0 heterocycles. The molecule has 0 fully saturated rings. The van der Waals surface area contributed by atoms with Crippen LogP contribution in [0.5, 0.6) is 0 Å². The Kier molecular flexibility index (Phi) is 12.2. The fourth-order valence-electron chi connectivity index (χ4n) is 2.08. The average Bonchev–Trinajstić information content (AvgIpc) is 2.46. The van der Waals surface area contributed by atoms with Gasteiger partial charge in [0.15, 0.2) is 0 Å². The van der Waals surface area contributed by atoms with E-state index >= 15 is 0 Å². The third kappa shape index (κ3) is 8.18. The fourth-order valence-corrected chi connectivity index (χ4v) is 5.72. The first-order valence-corrected chi connectivity index (χ1v) is 10.3. The Morgan fingerprint density at radius 1 is 0.737 bits per heavy atom. The predicted molar refractivity (Wildman–Crippen MR) is 84.0 cm³/mol. The van der Waals surface area contributed by atoms with E-state index in [4.69, 9.17) is 18.9 Å². The molecule has 7 heteroatoms. The molecule has 1 N–H and O–H groups in total. The number of hydrogen-bond donors (Lipinski definition) is 1. The van der Waals surface area contributed by atoms with E-state index in [9.17, 15) is 0 Å². The third-order valence-corrected chi connectivity index (χ3v) is 8.33. The number of hydrogen-bond acceptors (Lipinski definition) is 5. The highest BCUT2D eigenvalue weighted by Crippen LogP contribution is 2.02. The van der Waals surface area contributed by atoms with Crippen LogP contribution in [0.15, 0.2) is 0 Å². The van der Waals surface area contributed by atoms with Crippen LogP contribution < -0.4 is 5.32 Å². The summed E-state index contributed by atoms with van der Waals surface area (Å²) in [6, 6.07) is 0. The summed E-state index contributed by atoms with van der Waals surface area (Å²) in [5.41, 5.74) is 1.08. The van der Waals surface area contributed by atoms with Gasteiger partial charge in [-0.15, -0.1) is 0 Å². The molecule has 0 radical (unpaired) electrons. The van der Waals surface area contributed by atoms with Gasteiger partial charge in [-0.2, -0.15) is 0 Å². The molecule has 116 valence electrons. The summed E-state index contributed by atoms with van der Waals surface area (Å²) >= 11 is 0. The van der Waals surface area contributed by atoms with Gasteiger partial charge in [0.25, 0.3) is 0 Å². The summed E-state index contributed by atoms with van der Waals surface area (Å²) in [4.78, 5) is 0. The van der Waals surface area contributed by atoms with Crippen LogP contribution in [0.2, 0.25) is 0 Å². The second kappa shape index (κ2) is 12.0. The van der Waals surface area contributed by atoms with Crippen molar-refractivity contribution in [2.75, 3.05) is 28.4 Å². The first kappa shape index (κ1) is 19.2. The van der Waals surface area contributed by atoms with Gasteiger partial charge in [0.2, 0.25) is 0 Å². The lowest BCUT2D eigenvalue weighted by Crippen LogP contribution is -2.50. The van der Waals surface area contributed by atoms with Gasteiger partial charge in [0, 0.05) is 28.4 Å². The van der Waals surface area contributed by atoms with E-state index in [-0.39, 0.29) is 11.8 Å². The van der Waals surface area contributed by atoms with Crippen molar-refractivity contribution in [3.05, 3.63) is 0 Å². The summed E-state index contributed by atoms with van der Waals surface area (Å²) in [6.07, 6.45) is 2.23. The number of rotatable bonds is 12. The van der Waals surface area contributed by atoms with Crippen LogP contribution in [0, 0.1) is 0 Å². The van der Waals surface area contributed by atoms with E-state index in [0.29, 0.717) is 11.3 Å². The molecular formula is C12H31NO4Si2. The van der Waals surface area contributed by atoms with Crippen molar-refractivity contribution in [1.82, 2.24) is 5.32 Å². The highest BCUT2D eigenvalue weighted by Gasteiger charge is 2.21. The van der Waals surface area contributed by atoms with Crippen molar-refractivity contribution in [3.8, 4) is 0 Å². The van der Waals surface area contributed by atoms with Crippen LogP contribution in [-0.2, 0) is 18.9 Å². The van der Waals surface area contributed by atoms with Gasteiger partial charge in [-0.05, 0) is 24.2 Å². The Balaban J connectivity index is 4.30. The molecule has 0 saturated heterocycles. The van der Waals surface area contributed by atoms with Gasteiger partial charge < -0.3 is 24.3 Å². The average molecular weight is 310 g/mol. The van der Waals surface area contributed by atoms with Crippen molar-refractivity contribution >= 4 is 19.0 Å². The Bertz CT molecular complexity index is 184. The molecular weight excluding hydrogens is 278 g/mol. The predicted octanol–water partition coefficient (Wildman–Crippen LogP) is -0.461. The maximum atomic E-state index is 5.33. The summed E-state index contributed by atoms with van der Waals surface area (Å²) < 4.78 is 21.3. The molecule has 0 aromatic carbocycles. The molecule has 0 aliphatic heterocycles. The smallest absolute Gasteiger partial charge is 0.135 e. The molecule has 0 saturated carbocycles. The molecule has 0 aliphatic carbocycles.